The molecule has 0 bridgehead atoms. The summed E-state index contributed by atoms with van der Waals surface area (Å²) in [6, 6.07) is 18.6. The van der Waals surface area contributed by atoms with E-state index in [1.54, 1.807) is 0 Å². The van der Waals surface area contributed by atoms with Crippen LogP contribution in [0.1, 0.15) is 19.4 Å². The molecule has 0 radical (unpaired) electrons. The van der Waals surface area contributed by atoms with Crippen molar-refractivity contribution in [3.63, 3.8) is 0 Å². The van der Waals surface area contributed by atoms with E-state index < -0.39 is 0 Å². The maximum absolute atomic E-state index is 2.24. The fourth-order valence-electron chi connectivity index (χ4n) is 1.34. The van der Waals surface area contributed by atoms with E-state index in [1.165, 1.54) is 12.0 Å². The summed E-state index contributed by atoms with van der Waals surface area (Å²) >= 11 is 0. The molecule has 0 fully saturated rings. The van der Waals surface area contributed by atoms with Gasteiger partial charge in [0.2, 0.25) is 0 Å². The Morgan fingerprint density at radius 3 is 1.87 bits per heavy atom. The molecule has 0 aliphatic carbocycles. The first-order valence-corrected chi connectivity index (χ1v) is 5.16. The molecule has 2 aromatic rings. The van der Waals surface area contributed by atoms with E-state index in [4.69, 9.17) is 0 Å². The van der Waals surface area contributed by atoms with Crippen LogP contribution in [-0.2, 0) is 25.9 Å². The Balaban J connectivity index is 0.000000280. The molecule has 0 heterocycles. The molecular weight excluding hydrogens is 269 g/mol. The largest absolute Gasteiger partial charge is 2.00 e. The zero-order valence-corrected chi connectivity index (χ0v) is 11.1. The molecule has 0 aliphatic rings. The summed E-state index contributed by atoms with van der Waals surface area (Å²) < 4.78 is 0. The van der Waals surface area contributed by atoms with Gasteiger partial charge in [0.25, 0.3) is 0 Å². The van der Waals surface area contributed by atoms with E-state index in [2.05, 4.69) is 38.1 Å². The standard InChI is InChI=1S/C9H13.C5H5.Ru/c1-8(2)7-9-5-3-4-6-9;1-2-4-5-3-1;/h3-6,8H,7H2,1-2H3;1-5H;/q2*-1;+2. The molecule has 1 heteroatoms. The van der Waals surface area contributed by atoms with Crippen LogP contribution in [0, 0.1) is 5.92 Å². The summed E-state index contributed by atoms with van der Waals surface area (Å²) in [7, 11) is 0. The summed E-state index contributed by atoms with van der Waals surface area (Å²) in [5, 5.41) is 0. The molecule has 0 saturated heterocycles. The minimum atomic E-state index is 0. The van der Waals surface area contributed by atoms with Gasteiger partial charge in [-0.05, 0) is 0 Å². The van der Waals surface area contributed by atoms with Gasteiger partial charge in [0.05, 0.1) is 0 Å². The van der Waals surface area contributed by atoms with Gasteiger partial charge < -0.3 is 0 Å². The first-order valence-electron chi connectivity index (χ1n) is 5.16. The minimum Gasteiger partial charge on any atom is -0.214 e. The monoisotopic (exact) mass is 288 g/mol. The zero-order chi connectivity index (χ0) is 10.2. The summed E-state index contributed by atoms with van der Waals surface area (Å²) in [5.41, 5.74) is 1.46. The van der Waals surface area contributed by atoms with Crippen molar-refractivity contribution in [1.29, 1.82) is 0 Å². The molecule has 2 rings (SSSR count). The summed E-state index contributed by atoms with van der Waals surface area (Å²) in [6.45, 7) is 4.49. The Morgan fingerprint density at radius 1 is 1.00 bits per heavy atom. The van der Waals surface area contributed by atoms with E-state index in [1.807, 2.05) is 30.3 Å². The van der Waals surface area contributed by atoms with Gasteiger partial charge in [-0.15, -0.1) is 0 Å². The van der Waals surface area contributed by atoms with Crippen LogP contribution >= 0.6 is 0 Å². The molecule has 0 spiro atoms. The van der Waals surface area contributed by atoms with Crippen molar-refractivity contribution < 1.29 is 19.5 Å². The topological polar surface area (TPSA) is 0 Å². The van der Waals surface area contributed by atoms with Gasteiger partial charge in [-0.2, -0.15) is 35.9 Å². The molecule has 0 N–H and O–H groups in total. The summed E-state index contributed by atoms with van der Waals surface area (Å²) in [4.78, 5) is 0. The third-order valence-corrected chi connectivity index (χ3v) is 1.93. The van der Waals surface area contributed by atoms with Gasteiger partial charge in [0, 0.05) is 0 Å². The fourth-order valence-corrected chi connectivity index (χ4v) is 1.34. The average Bonchev–Trinajstić information content (AvgIpc) is 2.75. The SMILES string of the molecule is CC(C)C[c-]1cccc1.[Ru+2].c1cc[cH-]c1. The second-order valence-corrected chi connectivity index (χ2v) is 3.85. The summed E-state index contributed by atoms with van der Waals surface area (Å²) in [5.74, 6) is 0.785. The van der Waals surface area contributed by atoms with Gasteiger partial charge in [0.15, 0.2) is 0 Å². The molecule has 0 saturated carbocycles. The van der Waals surface area contributed by atoms with Crippen molar-refractivity contribution in [2.45, 2.75) is 20.3 Å². The number of hydrogen-bond donors (Lipinski definition) is 0. The van der Waals surface area contributed by atoms with Crippen molar-refractivity contribution in [2.75, 3.05) is 0 Å². The first-order chi connectivity index (χ1) is 6.79. The predicted octanol–water partition coefficient (Wildman–Crippen LogP) is 4.01. The van der Waals surface area contributed by atoms with E-state index in [0.29, 0.717) is 0 Å². The normalized spacial score (nSPS) is 9.00. The second kappa shape index (κ2) is 8.62. The predicted molar refractivity (Wildman–Crippen MR) is 62.6 cm³/mol. The quantitative estimate of drug-likeness (QED) is 0.578. The molecule has 0 unspecified atom stereocenters. The van der Waals surface area contributed by atoms with Crippen molar-refractivity contribution in [3.8, 4) is 0 Å². The van der Waals surface area contributed by atoms with Crippen molar-refractivity contribution in [2.24, 2.45) is 5.92 Å². The van der Waals surface area contributed by atoms with Gasteiger partial charge in [-0.25, -0.2) is 24.3 Å². The summed E-state index contributed by atoms with van der Waals surface area (Å²) in [6.07, 6.45) is 1.22. The third kappa shape index (κ3) is 7.28. The van der Waals surface area contributed by atoms with E-state index >= 15 is 0 Å². The van der Waals surface area contributed by atoms with Crippen molar-refractivity contribution in [1.82, 2.24) is 0 Å². The smallest absolute Gasteiger partial charge is 0.214 e. The van der Waals surface area contributed by atoms with Crippen LogP contribution in [0.2, 0.25) is 0 Å². The van der Waals surface area contributed by atoms with Gasteiger partial charge in [0.1, 0.15) is 0 Å². The number of rotatable bonds is 2. The molecule has 0 atom stereocenters. The molecule has 0 nitrogen and oxygen atoms in total. The van der Waals surface area contributed by atoms with Crippen molar-refractivity contribution in [3.05, 3.63) is 60.2 Å². The van der Waals surface area contributed by atoms with E-state index in [-0.39, 0.29) is 19.5 Å². The number of hydrogen-bond acceptors (Lipinski definition) is 0. The molecule has 82 valence electrons. The van der Waals surface area contributed by atoms with Crippen LogP contribution in [0.25, 0.3) is 0 Å². The Labute approximate surface area is 106 Å². The first kappa shape index (κ1) is 14.3. The maximum atomic E-state index is 2.24. The average molecular weight is 287 g/mol. The van der Waals surface area contributed by atoms with E-state index in [0.717, 1.165) is 5.92 Å². The fraction of sp³-hybridized carbons (Fsp3) is 0.286. The van der Waals surface area contributed by atoms with Crippen LogP contribution in [-0.4, -0.2) is 0 Å². The van der Waals surface area contributed by atoms with Crippen LogP contribution in [0.3, 0.4) is 0 Å². The van der Waals surface area contributed by atoms with Crippen molar-refractivity contribution >= 4 is 0 Å². The molecule has 0 aliphatic heterocycles. The second-order valence-electron chi connectivity index (χ2n) is 3.85. The zero-order valence-electron chi connectivity index (χ0n) is 9.33. The Kier molecular flexibility index (Phi) is 8.23. The molecular formula is C14H18Ru. The van der Waals surface area contributed by atoms with Gasteiger partial charge in [-0.1, -0.05) is 26.2 Å². The molecule has 2 aromatic carbocycles. The van der Waals surface area contributed by atoms with Gasteiger partial charge in [-0.3, -0.25) is 0 Å². The Hall–Kier alpha value is -0.677. The third-order valence-electron chi connectivity index (χ3n) is 1.93. The van der Waals surface area contributed by atoms with Gasteiger partial charge >= 0.3 is 19.5 Å². The minimum absolute atomic E-state index is 0. The van der Waals surface area contributed by atoms with Crippen LogP contribution in [0.5, 0.6) is 0 Å². The van der Waals surface area contributed by atoms with Crippen LogP contribution in [0.15, 0.2) is 54.6 Å². The maximum Gasteiger partial charge on any atom is 2.00 e. The molecule has 0 amide bonds. The molecule has 15 heavy (non-hydrogen) atoms. The van der Waals surface area contributed by atoms with Crippen LogP contribution < -0.4 is 0 Å². The molecule has 0 aromatic heterocycles. The van der Waals surface area contributed by atoms with Crippen LogP contribution in [0.4, 0.5) is 0 Å². The van der Waals surface area contributed by atoms with E-state index in [9.17, 15) is 0 Å². The Bertz CT molecular complexity index is 273. The Morgan fingerprint density at radius 2 is 1.53 bits per heavy atom.